The predicted octanol–water partition coefficient (Wildman–Crippen LogP) is 3.49. The molecule has 3 rings (SSSR count). The zero-order valence-electron chi connectivity index (χ0n) is 12.3. The van der Waals surface area contributed by atoms with Crippen LogP contribution in [0.3, 0.4) is 0 Å². The standard InChI is InChI=1S/C17H10F3NO3/c1-24-13-4-2-3-8-12(22)7-11(17(23)14(8)13)21-10-6-5-9(18)15(19)16(10)20/h2-7,21H,1H3. The lowest BCUT2D eigenvalue weighted by atomic mass is 9.91. The van der Waals surface area contributed by atoms with Gasteiger partial charge in [-0.25, -0.2) is 13.2 Å². The maximum absolute atomic E-state index is 13.8. The van der Waals surface area contributed by atoms with Crippen molar-refractivity contribution in [3.63, 3.8) is 0 Å². The number of fused-ring (bicyclic) bond motifs is 1. The first-order valence-corrected chi connectivity index (χ1v) is 6.82. The maximum atomic E-state index is 13.8. The number of allylic oxidation sites excluding steroid dienone is 2. The molecule has 7 heteroatoms. The second kappa shape index (κ2) is 5.84. The highest BCUT2D eigenvalue weighted by Gasteiger charge is 2.29. The van der Waals surface area contributed by atoms with E-state index in [0.29, 0.717) is 6.07 Å². The van der Waals surface area contributed by atoms with Crippen LogP contribution in [0, 0.1) is 17.5 Å². The fourth-order valence-corrected chi connectivity index (χ4v) is 2.41. The van der Waals surface area contributed by atoms with Gasteiger partial charge in [-0.05, 0) is 18.2 Å². The molecule has 1 aliphatic carbocycles. The maximum Gasteiger partial charge on any atom is 0.213 e. The van der Waals surface area contributed by atoms with Crippen LogP contribution in [-0.2, 0) is 0 Å². The molecule has 0 bridgehead atoms. The molecule has 2 aromatic carbocycles. The largest absolute Gasteiger partial charge is 0.496 e. The van der Waals surface area contributed by atoms with E-state index in [2.05, 4.69) is 5.32 Å². The zero-order valence-corrected chi connectivity index (χ0v) is 12.3. The van der Waals surface area contributed by atoms with E-state index < -0.39 is 34.7 Å². The SMILES string of the molecule is COc1cccc2c1C(=O)C(Nc1ccc(F)c(F)c1F)=CC2=O. The van der Waals surface area contributed by atoms with Crippen molar-refractivity contribution >= 4 is 17.3 Å². The van der Waals surface area contributed by atoms with Crippen LogP contribution >= 0.6 is 0 Å². The molecule has 0 aromatic heterocycles. The zero-order chi connectivity index (χ0) is 17.4. The van der Waals surface area contributed by atoms with Gasteiger partial charge in [0, 0.05) is 11.6 Å². The van der Waals surface area contributed by atoms with Crippen molar-refractivity contribution < 1.29 is 27.5 Å². The fourth-order valence-electron chi connectivity index (χ4n) is 2.41. The molecule has 0 saturated carbocycles. The van der Waals surface area contributed by atoms with Crippen LogP contribution in [0.2, 0.25) is 0 Å². The summed E-state index contributed by atoms with van der Waals surface area (Å²) in [6, 6.07) is 6.17. The molecule has 1 N–H and O–H groups in total. The number of carbonyl (C=O) groups excluding carboxylic acids is 2. The van der Waals surface area contributed by atoms with Gasteiger partial charge in [0.25, 0.3) is 0 Å². The van der Waals surface area contributed by atoms with Gasteiger partial charge in [0.2, 0.25) is 5.78 Å². The van der Waals surface area contributed by atoms with Crippen molar-refractivity contribution in [2.45, 2.75) is 0 Å². The van der Waals surface area contributed by atoms with Crippen LogP contribution in [0.1, 0.15) is 20.7 Å². The van der Waals surface area contributed by atoms with E-state index in [1.165, 1.54) is 19.2 Å². The Balaban J connectivity index is 2.04. The van der Waals surface area contributed by atoms with Gasteiger partial charge in [-0.15, -0.1) is 0 Å². The number of rotatable bonds is 3. The van der Waals surface area contributed by atoms with Gasteiger partial charge < -0.3 is 10.1 Å². The minimum absolute atomic E-state index is 0.0259. The lowest BCUT2D eigenvalue weighted by molar-refractivity contribution is 0.0982. The molecule has 0 fully saturated rings. The van der Waals surface area contributed by atoms with Gasteiger partial charge in [0.15, 0.2) is 23.2 Å². The number of ketones is 2. The number of ether oxygens (including phenoxy) is 1. The summed E-state index contributed by atoms with van der Waals surface area (Å²) in [6.07, 6.45) is 0.977. The smallest absolute Gasteiger partial charge is 0.213 e. The van der Waals surface area contributed by atoms with E-state index in [4.69, 9.17) is 4.74 Å². The van der Waals surface area contributed by atoms with E-state index in [-0.39, 0.29) is 22.6 Å². The second-order valence-electron chi connectivity index (χ2n) is 4.98. The normalized spacial score (nSPS) is 13.4. The monoisotopic (exact) mass is 333 g/mol. The van der Waals surface area contributed by atoms with E-state index in [1.54, 1.807) is 6.07 Å². The minimum atomic E-state index is -1.67. The molecule has 122 valence electrons. The van der Waals surface area contributed by atoms with Gasteiger partial charge in [0.1, 0.15) is 5.75 Å². The molecule has 4 nitrogen and oxygen atoms in total. The molecule has 0 saturated heterocycles. The first kappa shape index (κ1) is 15.8. The number of anilines is 1. The molecule has 0 aliphatic heterocycles. The third-order valence-electron chi connectivity index (χ3n) is 3.56. The van der Waals surface area contributed by atoms with E-state index >= 15 is 0 Å². The lowest BCUT2D eigenvalue weighted by Gasteiger charge is -2.19. The molecule has 0 atom stereocenters. The second-order valence-corrected chi connectivity index (χ2v) is 4.98. The third-order valence-corrected chi connectivity index (χ3v) is 3.56. The molecule has 24 heavy (non-hydrogen) atoms. The van der Waals surface area contributed by atoms with Gasteiger partial charge in [0.05, 0.1) is 24.1 Å². The molecular formula is C17H10F3NO3. The Kier molecular flexibility index (Phi) is 3.84. The number of nitrogens with one attached hydrogen (secondary N) is 1. The summed E-state index contributed by atoms with van der Waals surface area (Å²) in [6.45, 7) is 0. The molecule has 2 aromatic rings. The van der Waals surface area contributed by atoms with Crippen LogP contribution in [0.4, 0.5) is 18.9 Å². The van der Waals surface area contributed by atoms with Crippen LogP contribution in [0.5, 0.6) is 5.75 Å². The van der Waals surface area contributed by atoms with Gasteiger partial charge >= 0.3 is 0 Å². The first-order chi connectivity index (χ1) is 11.4. The van der Waals surface area contributed by atoms with Gasteiger partial charge in [-0.2, -0.15) is 0 Å². The highest BCUT2D eigenvalue weighted by molar-refractivity contribution is 6.26. The summed E-state index contributed by atoms with van der Waals surface area (Å²) in [5.41, 5.74) is -0.546. The molecule has 0 heterocycles. The number of carbonyl (C=O) groups is 2. The Morgan fingerprint density at radius 3 is 2.46 bits per heavy atom. The average Bonchev–Trinajstić information content (AvgIpc) is 2.59. The van der Waals surface area contributed by atoms with Crippen molar-refractivity contribution in [3.8, 4) is 5.75 Å². The quantitative estimate of drug-likeness (QED) is 0.874. The number of methoxy groups -OCH3 is 1. The van der Waals surface area contributed by atoms with Crippen LogP contribution in [0.25, 0.3) is 0 Å². The lowest BCUT2D eigenvalue weighted by Crippen LogP contribution is -2.22. The van der Waals surface area contributed by atoms with Crippen molar-refractivity contribution in [2.24, 2.45) is 0 Å². The molecule has 0 amide bonds. The number of hydrogen-bond donors (Lipinski definition) is 1. The van der Waals surface area contributed by atoms with Crippen LogP contribution in [-0.4, -0.2) is 18.7 Å². The van der Waals surface area contributed by atoms with E-state index in [1.807, 2.05) is 0 Å². The Labute approximate surface area is 134 Å². The topological polar surface area (TPSA) is 55.4 Å². The third kappa shape index (κ3) is 2.44. The summed E-state index contributed by atoms with van der Waals surface area (Å²) in [7, 11) is 1.34. The summed E-state index contributed by atoms with van der Waals surface area (Å²) in [5.74, 6) is -5.44. The van der Waals surface area contributed by atoms with Gasteiger partial charge in [-0.3, -0.25) is 9.59 Å². The van der Waals surface area contributed by atoms with Crippen LogP contribution < -0.4 is 10.1 Å². The van der Waals surface area contributed by atoms with Crippen molar-refractivity contribution in [1.29, 1.82) is 0 Å². The number of Topliss-reactive ketones (excluding diaryl/α,β-unsaturated/α-hetero) is 1. The highest BCUT2D eigenvalue weighted by atomic mass is 19.2. The van der Waals surface area contributed by atoms with E-state index in [9.17, 15) is 22.8 Å². The predicted molar refractivity (Wildman–Crippen MR) is 79.7 cm³/mol. The highest BCUT2D eigenvalue weighted by Crippen LogP contribution is 2.31. The van der Waals surface area contributed by atoms with E-state index in [0.717, 1.165) is 12.1 Å². The Bertz CT molecular complexity index is 906. The van der Waals surface area contributed by atoms with Crippen molar-refractivity contribution in [1.82, 2.24) is 0 Å². The Hall–Kier alpha value is -3.09. The van der Waals surface area contributed by atoms with Gasteiger partial charge in [-0.1, -0.05) is 12.1 Å². The molecule has 0 spiro atoms. The molecule has 0 unspecified atom stereocenters. The summed E-state index contributed by atoms with van der Waals surface area (Å²) < 4.78 is 45.1. The Morgan fingerprint density at radius 2 is 1.75 bits per heavy atom. The Morgan fingerprint density at radius 1 is 1.00 bits per heavy atom. The number of benzene rings is 2. The minimum Gasteiger partial charge on any atom is -0.496 e. The van der Waals surface area contributed by atoms with Crippen molar-refractivity contribution in [2.75, 3.05) is 12.4 Å². The number of hydrogen-bond acceptors (Lipinski definition) is 4. The summed E-state index contributed by atoms with van der Waals surface area (Å²) in [4.78, 5) is 24.7. The van der Waals surface area contributed by atoms with Crippen LogP contribution in [0.15, 0.2) is 42.1 Å². The molecule has 0 radical (unpaired) electrons. The number of halogens is 3. The summed E-state index contributed by atoms with van der Waals surface area (Å²) >= 11 is 0. The van der Waals surface area contributed by atoms with Crippen molar-refractivity contribution in [3.05, 3.63) is 70.7 Å². The first-order valence-electron chi connectivity index (χ1n) is 6.82. The molecular weight excluding hydrogens is 323 g/mol. The average molecular weight is 333 g/mol. The summed E-state index contributed by atoms with van der Waals surface area (Å²) in [5, 5.41) is 2.34. The molecule has 1 aliphatic rings. The fraction of sp³-hybridized carbons (Fsp3) is 0.0588.